The number of rotatable bonds is 3. The molecular weight excluding hydrogens is 312 g/mol. The first-order valence-electron chi connectivity index (χ1n) is 8.49. The predicted octanol–water partition coefficient (Wildman–Crippen LogP) is 3.60. The van der Waals surface area contributed by atoms with E-state index >= 15 is 0 Å². The SMILES string of the molecule is Cc1ccc(C(=O)N2CCC(C(=O)c3ccc(C#N)cc3)CC2)cc1. The Bertz CT molecular complexity index is 808. The van der Waals surface area contributed by atoms with Gasteiger partial charge in [-0.3, -0.25) is 9.59 Å². The molecule has 126 valence electrons. The van der Waals surface area contributed by atoms with E-state index < -0.39 is 0 Å². The fourth-order valence-electron chi connectivity index (χ4n) is 3.17. The molecule has 0 atom stereocenters. The maximum absolute atomic E-state index is 12.6. The number of amides is 1. The average Bonchev–Trinajstić information content (AvgIpc) is 2.67. The normalized spacial score (nSPS) is 14.8. The van der Waals surface area contributed by atoms with Gasteiger partial charge in [-0.15, -0.1) is 0 Å². The standard InChI is InChI=1S/C21H20N2O2/c1-15-2-6-19(7-3-15)21(25)23-12-10-18(11-13-23)20(24)17-8-4-16(14-22)5-9-17/h2-9,18H,10-13H2,1H3. The molecule has 25 heavy (non-hydrogen) atoms. The second-order valence-electron chi connectivity index (χ2n) is 6.49. The van der Waals surface area contributed by atoms with Crippen molar-refractivity contribution < 1.29 is 9.59 Å². The molecule has 4 nitrogen and oxygen atoms in total. The number of Topliss-reactive ketones (excluding diaryl/α,β-unsaturated/α-hetero) is 1. The molecule has 4 heteroatoms. The molecule has 3 rings (SSSR count). The number of piperidine rings is 1. The summed E-state index contributed by atoms with van der Waals surface area (Å²) in [5.41, 5.74) is 3.02. The quantitative estimate of drug-likeness (QED) is 0.807. The van der Waals surface area contributed by atoms with Crippen LogP contribution in [0.4, 0.5) is 0 Å². The Hall–Kier alpha value is -2.93. The number of hydrogen-bond donors (Lipinski definition) is 0. The molecule has 0 bridgehead atoms. The Labute approximate surface area is 147 Å². The first kappa shape index (κ1) is 16.9. The van der Waals surface area contributed by atoms with E-state index in [1.165, 1.54) is 0 Å². The third kappa shape index (κ3) is 3.77. The molecule has 0 N–H and O–H groups in total. The van der Waals surface area contributed by atoms with Crippen LogP contribution in [-0.4, -0.2) is 29.7 Å². The molecule has 2 aromatic rings. The van der Waals surface area contributed by atoms with Gasteiger partial charge in [0, 0.05) is 30.1 Å². The van der Waals surface area contributed by atoms with Gasteiger partial charge in [0.05, 0.1) is 11.6 Å². The summed E-state index contributed by atoms with van der Waals surface area (Å²) in [6.07, 6.45) is 1.35. The summed E-state index contributed by atoms with van der Waals surface area (Å²) in [5, 5.41) is 8.83. The van der Waals surface area contributed by atoms with E-state index in [0.29, 0.717) is 42.6 Å². The van der Waals surface area contributed by atoms with Crippen molar-refractivity contribution in [3.8, 4) is 6.07 Å². The van der Waals surface area contributed by atoms with Crippen molar-refractivity contribution in [1.82, 2.24) is 4.90 Å². The molecular formula is C21H20N2O2. The van der Waals surface area contributed by atoms with Crippen molar-refractivity contribution in [3.05, 3.63) is 70.8 Å². The zero-order chi connectivity index (χ0) is 17.8. The van der Waals surface area contributed by atoms with Crippen LogP contribution in [0.25, 0.3) is 0 Å². The maximum Gasteiger partial charge on any atom is 0.253 e. The zero-order valence-corrected chi connectivity index (χ0v) is 14.2. The first-order chi connectivity index (χ1) is 12.1. The lowest BCUT2D eigenvalue weighted by Gasteiger charge is -2.31. The van der Waals surface area contributed by atoms with Crippen molar-refractivity contribution >= 4 is 11.7 Å². The van der Waals surface area contributed by atoms with Gasteiger partial charge in [0.25, 0.3) is 5.91 Å². The molecule has 1 fully saturated rings. The Kier molecular flexibility index (Phi) is 4.95. The smallest absolute Gasteiger partial charge is 0.253 e. The van der Waals surface area contributed by atoms with E-state index in [1.54, 1.807) is 24.3 Å². The molecule has 0 spiro atoms. The van der Waals surface area contributed by atoms with Gasteiger partial charge in [0.15, 0.2) is 5.78 Å². The Morgan fingerprint density at radius 2 is 1.52 bits per heavy atom. The minimum Gasteiger partial charge on any atom is -0.339 e. The van der Waals surface area contributed by atoms with Gasteiger partial charge in [0.2, 0.25) is 0 Å². The molecule has 0 saturated carbocycles. The average molecular weight is 332 g/mol. The highest BCUT2D eigenvalue weighted by atomic mass is 16.2. The van der Waals surface area contributed by atoms with Crippen molar-refractivity contribution in [1.29, 1.82) is 5.26 Å². The summed E-state index contributed by atoms with van der Waals surface area (Å²) in [4.78, 5) is 27.0. The van der Waals surface area contributed by atoms with Gasteiger partial charge in [-0.1, -0.05) is 29.8 Å². The molecule has 1 heterocycles. The minimum atomic E-state index is -0.0602. The van der Waals surface area contributed by atoms with E-state index in [4.69, 9.17) is 5.26 Å². The molecule has 0 radical (unpaired) electrons. The van der Waals surface area contributed by atoms with Crippen molar-refractivity contribution in [3.63, 3.8) is 0 Å². The Balaban J connectivity index is 1.61. The topological polar surface area (TPSA) is 61.2 Å². The number of aryl methyl sites for hydroxylation is 1. The highest BCUT2D eigenvalue weighted by Crippen LogP contribution is 2.23. The number of benzene rings is 2. The third-order valence-electron chi connectivity index (χ3n) is 4.75. The maximum atomic E-state index is 12.6. The van der Waals surface area contributed by atoms with Crippen LogP contribution in [0.2, 0.25) is 0 Å². The number of carbonyl (C=O) groups is 2. The molecule has 1 aliphatic heterocycles. The summed E-state index contributed by atoms with van der Waals surface area (Å²) in [6, 6.07) is 16.4. The van der Waals surface area contributed by atoms with Gasteiger partial charge in [0.1, 0.15) is 0 Å². The van der Waals surface area contributed by atoms with E-state index in [1.807, 2.05) is 36.1 Å². The van der Waals surface area contributed by atoms with Crippen LogP contribution in [0.15, 0.2) is 48.5 Å². The lowest BCUT2D eigenvalue weighted by molar-refractivity contribution is 0.0650. The number of hydrogen-bond acceptors (Lipinski definition) is 3. The van der Waals surface area contributed by atoms with E-state index in [0.717, 1.165) is 5.56 Å². The van der Waals surface area contributed by atoms with Crippen LogP contribution < -0.4 is 0 Å². The zero-order valence-electron chi connectivity index (χ0n) is 14.2. The monoisotopic (exact) mass is 332 g/mol. The van der Waals surface area contributed by atoms with E-state index in [2.05, 4.69) is 6.07 Å². The molecule has 0 unspecified atom stereocenters. The molecule has 1 aliphatic rings. The van der Waals surface area contributed by atoms with Crippen LogP contribution in [0, 0.1) is 24.2 Å². The fourth-order valence-corrected chi connectivity index (χ4v) is 3.17. The number of nitrogens with zero attached hydrogens (tertiary/aromatic N) is 2. The summed E-state index contributed by atoms with van der Waals surface area (Å²) in [5.74, 6) is 0.0752. The van der Waals surface area contributed by atoms with Gasteiger partial charge in [-0.25, -0.2) is 0 Å². The number of nitriles is 1. The van der Waals surface area contributed by atoms with Gasteiger partial charge in [-0.2, -0.15) is 5.26 Å². The van der Waals surface area contributed by atoms with Gasteiger partial charge < -0.3 is 4.90 Å². The molecule has 0 aliphatic carbocycles. The molecule has 0 aromatic heterocycles. The van der Waals surface area contributed by atoms with Crippen LogP contribution in [-0.2, 0) is 0 Å². The Morgan fingerprint density at radius 3 is 2.08 bits per heavy atom. The van der Waals surface area contributed by atoms with Crippen LogP contribution in [0.3, 0.4) is 0 Å². The summed E-state index contributed by atoms with van der Waals surface area (Å²) < 4.78 is 0. The van der Waals surface area contributed by atoms with E-state index in [9.17, 15) is 9.59 Å². The predicted molar refractivity (Wildman–Crippen MR) is 95.3 cm³/mol. The molecule has 1 amide bonds. The van der Waals surface area contributed by atoms with Crippen molar-refractivity contribution in [2.75, 3.05) is 13.1 Å². The lowest BCUT2D eigenvalue weighted by atomic mass is 9.88. The second kappa shape index (κ2) is 7.31. The third-order valence-corrected chi connectivity index (χ3v) is 4.75. The highest BCUT2D eigenvalue weighted by Gasteiger charge is 2.28. The van der Waals surface area contributed by atoms with Gasteiger partial charge >= 0.3 is 0 Å². The lowest BCUT2D eigenvalue weighted by Crippen LogP contribution is -2.40. The number of likely N-dealkylation sites (tertiary alicyclic amines) is 1. The second-order valence-corrected chi connectivity index (χ2v) is 6.49. The minimum absolute atomic E-state index is 0.0317. The summed E-state index contributed by atoms with van der Waals surface area (Å²) in [7, 11) is 0. The summed E-state index contributed by atoms with van der Waals surface area (Å²) >= 11 is 0. The van der Waals surface area contributed by atoms with E-state index in [-0.39, 0.29) is 17.6 Å². The fraction of sp³-hybridized carbons (Fsp3) is 0.286. The number of carbonyl (C=O) groups excluding carboxylic acids is 2. The van der Waals surface area contributed by atoms with Crippen LogP contribution >= 0.6 is 0 Å². The number of ketones is 1. The van der Waals surface area contributed by atoms with Crippen molar-refractivity contribution in [2.45, 2.75) is 19.8 Å². The molecule has 1 saturated heterocycles. The van der Waals surface area contributed by atoms with Gasteiger partial charge in [-0.05, 0) is 44.0 Å². The van der Waals surface area contributed by atoms with Crippen LogP contribution in [0.5, 0.6) is 0 Å². The highest BCUT2D eigenvalue weighted by molar-refractivity contribution is 5.98. The Morgan fingerprint density at radius 1 is 0.960 bits per heavy atom. The van der Waals surface area contributed by atoms with Crippen molar-refractivity contribution in [2.24, 2.45) is 5.92 Å². The first-order valence-corrected chi connectivity index (χ1v) is 8.49. The summed E-state index contributed by atoms with van der Waals surface area (Å²) in [6.45, 7) is 3.19. The molecule has 2 aromatic carbocycles. The largest absolute Gasteiger partial charge is 0.339 e. The van der Waals surface area contributed by atoms with Crippen LogP contribution in [0.1, 0.15) is 44.7 Å².